The third-order valence-corrected chi connectivity index (χ3v) is 5.10. The van der Waals surface area contributed by atoms with E-state index < -0.39 is 0 Å². The summed E-state index contributed by atoms with van der Waals surface area (Å²) in [7, 11) is 0. The maximum Gasteiger partial charge on any atom is 0.140 e. The van der Waals surface area contributed by atoms with Crippen LogP contribution in [0.15, 0.2) is 18.3 Å². The second kappa shape index (κ2) is 7.09. The maximum absolute atomic E-state index is 8.87. The first-order valence-electron chi connectivity index (χ1n) is 8.44. The van der Waals surface area contributed by atoms with Crippen molar-refractivity contribution in [1.29, 1.82) is 5.26 Å². The van der Waals surface area contributed by atoms with Gasteiger partial charge in [-0.15, -0.1) is 24.0 Å². The van der Waals surface area contributed by atoms with Gasteiger partial charge in [0.15, 0.2) is 0 Å². The Labute approximate surface area is 159 Å². The minimum absolute atomic E-state index is 0. The monoisotopic (exact) mass is 435 g/mol. The van der Waals surface area contributed by atoms with Crippen LogP contribution >= 0.6 is 24.0 Å². The number of pyridine rings is 1. The number of nitrogens with zero attached hydrogens (tertiary/aromatic N) is 5. The van der Waals surface area contributed by atoms with E-state index >= 15 is 0 Å². The predicted octanol–water partition coefficient (Wildman–Crippen LogP) is 3.41. The SMILES string of the molecule is Cc1nc2c(n1C1CCN(c3ccc(C#N)nc3)C1)CCCC2.I. The number of aromatic nitrogens is 3. The summed E-state index contributed by atoms with van der Waals surface area (Å²) in [6, 6.07) is 6.38. The first-order valence-corrected chi connectivity index (χ1v) is 8.44. The summed E-state index contributed by atoms with van der Waals surface area (Å²) in [5.74, 6) is 1.17. The molecule has 4 rings (SSSR count). The van der Waals surface area contributed by atoms with E-state index in [2.05, 4.69) is 27.4 Å². The standard InChI is InChI=1S/C18H21N5.HI/c1-13-21-17-4-2-3-5-18(17)23(13)16-8-9-22(12-16)15-7-6-14(10-19)20-11-15;/h6-7,11,16H,2-5,8-9,12H2,1H3;1H. The van der Waals surface area contributed by atoms with Gasteiger partial charge in [-0.3, -0.25) is 0 Å². The van der Waals surface area contributed by atoms with Crippen molar-refractivity contribution in [1.82, 2.24) is 14.5 Å². The van der Waals surface area contributed by atoms with E-state index in [-0.39, 0.29) is 24.0 Å². The summed E-state index contributed by atoms with van der Waals surface area (Å²) in [6.07, 6.45) is 7.83. The molecule has 126 valence electrons. The van der Waals surface area contributed by atoms with E-state index in [1.807, 2.05) is 12.3 Å². The molecule has 0 N–H and O–H groups in total. The highest BCUT2D eigenvalue weighted by Crippen LogP contribution is 2.32. The van der Waals surface area contributed by atoms with Gasteiger partial charge in [0.25, 0.3) is 0 Å². The van der Waals surface area contributed by atoms with Crippen molar-refractivity contribution in [3.05, 3.63) is 41.2 Å². The number of hydrogen-bond donors (Lipinski definition) is 0. The average Bonchev–Trinajstić information content (AvgIpc) is 3.18. The molecule has 1 fully saturated rings. The molecule has 0 amide bonds. The van der Waals surface area contributed by atoms with Crippen LogP contribution in [0, 0.1) is 18.3 Å². The topological polar surface area (TPSA) is 57.7 Å². The Hall–Kier alpha value is -1.62. The van der Waals surface area contributed by atoms with Gasteiger partial charge in [-0.2, -0.15) is 5.26 Å². The molecule has 1 atom stereocenters. The van der Waals surface area contributed by atoms with Gasteiger partial charge in [-0.1, -0.05) is 0 Å². The molecule has 1 aliphatic heterocycles. The predicted molar refractivity (Wildman–Crippen MR) is 104 cm³/mol. The maximum atomic E-state index is 8.87. The minimum Gasteiger partial charge on any atom is -0.368 e. The molecule has 1 aliphatic carbocycles. The van der Waals surface area contributed by atoms with Crippen molar-refractivity contribution in [3.63, 3.8) is 0 Å². The van der Waals surface area contributed by atoms with Crippen LogP contribution < -0.4 is 4.90 Å². The van der Waals surface area contributed by atoms with E-state index in [9.17, 15) is 0 Å². The van der Waals surface area contributed by atoms with Gasteiger partial charge in [0.2, 0.25) is 0 Å². The molecule has 1 unspecified atom stereocenters. The molecular formula is C18H22IN5. The summed E-state index contributed by atoms with van der Waals surface area (Å²) in [4.78, 5) is 11.4. The lowest BCUT2D eigenvalue weighted by atomic mass is 10.0. The number of nitriles is 1. The van der Waals surface area contributed by atoms with Crippen LogP contribution in [-0.2, 0) is 12.8 Å². The molecule has 5 nitrogen and oxygen atoms in total. The third kappa shape index (κ3) is 3.02. The summed E-state index contributed by atoms with van der Waals surface area (Å²) in [6.45, 7) is 4.17. The molecule has 2 aliphatic rings. The molecule has 1 saturated heterocycles. The molecule has 0 spiro atoms. The fourth-order valence-corrected chi connectivity index (χ4v) is 4.01. The highest BCUT2D eigenvalue weighted by atomic mass is 127. The van der Waals surface area contributed by atoms with Crippen molar-refractivity contribution >= 4 is 29.7 Å². The Morgan fingerprint density at radius 2 is 2.08 bits per heavy atom. The highest BCUT2D eigenvalue weighted by molar-refractivity contribution is 14.0. The van der Waals surface area contributed by atoms with Crippen LogP contribution in [0.2, 0.25) is 0 Å². The number of anilines is 1. The van der Waals surface area contributed by atoms with Gasteiger partial charge in [-0.25, -0.2) is 9.97 Å². The molecule has 0 bridgehead atoms. The molecule has 3 heterocycles. The van der Waals surface area contributed by atoms with Crippen molar-refractivity contribution in [3.8, 4) is 6.07 Å². The van der Waals surface area contributed by atoms with Crippen LogP contribution in [0.5, 0.6) is 0 Å². The van der Waals surface area contributed by atoms with Crippen molar-refractivity contribution in [2.45, 2.75) is 45.1 Å². The summed E-state index contributed by atoms with van der Waals surface area (Å²) < 4.78 is 2.49. The van der Waals surface area contributed by atoms with Crippen LogP contribution in [0.1, 0.15) is 48.2 Å². The van der Waals surface area contributed by atoms with E-state index in [0.29, 0.717) is 11.7 Å². The first-order chi connectivity index (χ1) is 11.3. The zero-order valence-electron chi connectivity index (χ0n) is 13.9. The number of fused-ring (bicyclic) bond motifs is 1. The summed E-state index contributed by atoms with van der Waals surface area (Å²) in [5.41, 5.74) is 4.38. The zero-order chi connectivity index (χ0) is 15.8. The van der Waals surface area contributed by atoms with Crippen molar-refractivity contribution < 1.29 is 0 Å². The van der Waals surface area contributed by atoms with Crippen molar-refractivity contribution in [2.24, 2.45) is 0 Å². The van der Waals surface area contributed by atoms with Crippen molar-refractivity contribution in [2.75, 3.05) is 18.0 Å². The van der Waals surface area contributed by atoms with Gasteiger partial charge in [-0.05, 0) is 51.2 Å². The van der Waals surface area contributed by atoms with Gasteiger partial charge in [0, 0.05) is 18.8 Å². The summed E-state index contributed by atoms with van der Waals surface area (Å²) in [5, 5.41) is 8.87. The molecule has 0 saturated carbocycles. The summed E-state index contributed by atoms with van der Waals surface area (Å²) >= 11 is 0. The average molecular weight is 435 g/mol. The van der Waals surface area contributed by atoms with E-state index in [4.69, 9.17) is 10.2 Å². The van der Waals surface area contributed by atoms with Crippen LogP contribution in [0.25, 0.3) is 0 Å². The Kier molecular flexibility index (Phi) is 5.09. The van der Waals surface area contributed by atoms with E-state index in [1.54, 1.807) is 6.07 Å². The number of halogens is 1. The van der Waals surface area contributed by atoms with Gasteiger partial charge >= 0.3 is 0 Å². The Morgan fingerprint density at radius 1 is 1.25 bits per heavy atom. The third-order valence-electron chi connectivity index (χ3n) is 5.10. The van der Waals surface area contributed by atoms with Gasteiger partial charge in [0.1, 0.15) is 17.6 Å². The quantitative estimate of drug-likeness (QED) is 0.679. The van der Waals surface area contributed by atoms with Crippen LogP contribution in [0.3, 0.4) is 0 Å². The Morgan fingerprint density at radius 3 is 2.83 bits per heavy atom. The number of imidazole rings is 1. The molecule has 24 heavy (non-hydrogen) atoms. The van der Waals surface area contributed by atoms with Gasteiger partial charge in [0.05, 0.1) is 23.6 Å². The highest BCUT2D eigenvalue weighted by Gasteiger charge is 2.29. The van der Waals surface area contributed by atoms with E-state index in [1.165, 1.54) is 36.5 Å². The molecule has 2 aromatic rings. The second-order valence-electron chi connectivity index (χ2n) is 6.53. The Bertz CT molecular complexity index is 759. The normalized spacial score (nSPS) is 19.5. The smallest absolute Gasteiger partial charge is 0.140 e. The van der Waals surface area contributed by atoms with Crippen LogP contribution in [-0.4, -0.2) is 27.6 Å². The molecule has 0 aromatic carbocycles. The minimum atomic E-state index is 0. The fourth-order valence-electron chi connectivity index (χ4n) is 4.01. The second-order valence-corrected chi connectivity index (χ2v) is 6.53. The fraction of sp³-hybridized carbons (Fsp3) is 0.500. The number of rotatable bonds is 2. The zero-order valence-corrected chi connectivity index (χ0v) is 16.2. The number of hydrogen-bond acceptors (Lipinski definition) is 4. The molecule has 2 aromatic heterocycles. The molecule has 0 radical (unpaired) electrons. The lowest BCUT2D eigenvalue weighted by molar-refractivity contribution is 0.505. The lowest BCUT2D eigenvalue weighted by Gasteiger charge is -2.22. The number of aryl methyl sites for hydroxylation is 2. The van der Waals surface area contributed by atoms with Gasteiger partial charge < -0.3 is 9.47 Å². The molecular weight excluding hydrogens is 413 g/mol. The lowest BCUT2D eigenvalue weighted by Crippen LogP contribution is -2.22. The molecule has 6 heteroatoms. The Balaban J connectivity index is 0.00000169. The first kappa shape index (κ1) is 17.2. The van der Waals surface area contributed by atoms with Crippen LogP contribution in [0.4, 0.5) is 5.69 Å². The largest absolute Gasteiger partial charge is 0.368 e. The van der Waals surface area contributed by atoms with E-state index in [0.717, 1.165) is 31.6 Å².